The number of amides is 1. The minimum absolute atomic E-state index is 0.156. The second-order valence-electron chi connectivity index (χ2n) is 4.77. The van der Waals surface area contributed by atoms with Gasteiger partial charge in [0.15, 0.2) is 4.34 Å². The first kappa shape index (κ1) is 15.7. The molecule has 0 saturated carbocycles. The average molecular weight is 345 g/mol. The molecule has 0 aliphatic rings. The first-order valence-corrected chi connectivity index (χ1v) is 8.75. The number of aromatic nitrogens is 4. The van der Waals surface area contributed by atoms with Crippen LogP contribution in [0.5, 0.6) is 0 Å². The van der Waals surface area contributed by atoms with Crippen molar-refractivity contribution in [3.05, 3.63) is 47.2 Å². The highest BCUT2D eigenvalue weighted by Crippen LogP contribution is 2.29. The fraction of sp³-hybridized carbons (Fsp3) is 0.200. The summed E-state index contributed by atoms with van der Waals surface area (Å²) in [7, 11) is 0. The van der Waals surface area contributed by atoms with Crippen LogP contribution in [-0.4, -0.2) is 25.9 Å². The molecule has 0 saturated heterocycles. The molecule has 0 aliphatic heterocycles. The molecule has 1 aromatic carbocycles. The molecule has 118 valence electrons. The molecule has 8 heteroatoms. The minimum Gasteiger partial charge on any atom is -0.321 e. The number of carbonyl (C=O) groups excluding carboxylic acids is 1. The number of anilines is 1. The van der Waals surface area contributed by atoms with Crippen LogP contribution in [0.15, 0.2) is 45.1 Å². The molecule has 0 aliphatic carbocycles. The summed E-state index contributed by atoms with van der Waals surface area (Å²) >= 11 is 3.04. The third-order valence-electron chi connectivity index (χ3n) is 3.09. The number of nitrogens with one attached hydrogen (secondary N) is 1. The molecule has 0 fully saturated rings. The Bertz CT molecular complexity index is 796. The summed E-state index contributed by atoms with van der Waals surface area (Å²) in [5.74, 6) is -0.156. The predicted molar refractivity (Wildman–Crippen MR) is 91.1 cm³/mol. The lowest BCUT2D eigenvalue weighted by molar-refractivity contribution is 0.101. The Hall–Kier alpha value is -2.19. The number of benzene rings is 1. The number of carbonyl (C=O) groups is 1. The van der Waals surface area contributed by atoms with E-state index in [2.05, 4.69) is 20.6 Å². The summed E-state index contributed by atoms with van der Waals surface area (Å²) in [6.45, 7) is 4.50. The van der Waals surface area contributed by atoms with Gasteiger partial charge in [0.25, 0.3) is 5.91 Å². The minimum atomic E-state index is -0.156. The number of aryl methyl sites for hydroxylation is 2. The van der Waals surface area contributed by atoms with E-state index < -0.39 is 0 Å². The van der Waals surface area contributed by atoms with Crippen molar-refractivity contribution >= 4 is 34.7 Å². The summed E-state index contributed by atoms with van der Waals surface area (Å²) in [5.41, 5.74) is 3.85. The van der Waals surface area contributed by atoms with E-state index in [1.54, 1.807) is 28.0 Å². The van der Waals surface area contributed by atoms with E-state index in [9.17, 15) is 4.79 Å². The van der Waals surface area contributed by atoms with E-state index in [1.165, 1.54) is 11.3 Å². The Balaban J connectivity index is 1.69. The molecule has 3 rings (SSSR count). The van der Waals surface area contributed by atoms with Crippen molar-refractivity contribution < 1.29 is 4.79 Å². The number of nitrogens with zero attached hydrogens (tertiary/aromatic N) is 4. The van der Waals surface area contributed by atoms with Crippen molar-refractivity contribution in [2.45, 2.75) is 29.6 Å². The Morgan fingerprint density at radius 2 is 2.13 bits per heavy atom. The lowest BCUT2D eigenvalue weighted by atomic mass is 10.3. The highest BCUT2D eigenvalue weighted by Gasteiger charge is 2.13. The van der Waals surface area contributed by atoms with Gasteiger partial charge < -0.3 is 5.32 Å². The second kappa shape index (κ2) is 6.93. The van der Waals surface area contributed by atoms with Crippen LogP contribution in [0, 0.1) is 6.92 Å². The van der Waals surface area contributed by atoms with Crippen molar-refractivity contribution in [2.24, 2.45) is 0 Å². The van der Waals surface area contributed by atoms with E-state index in [-0.39, 0.29) is 5.91 Å². The van der Waals surface area contributed by atoms with Crippen LogP contribution >= 0.6 is 23.1 Å². The maximum Gasteiger partial charge on any atom is 0.273 e. The molecule has 2 aromatic heterocycles. The Morgan fingerprint density at radius 3 is 2.78 bits per heavy atom. The molecular formula is C15H15N5OS2. The highest BCUT2D eigenvalue weighted by molar-refractivity contribution is 8.01. The smallest absolute Gasteiger partial charge is 0.273 e. The van der Waals surface area contributed by atoms with Crippen LogP contribution in [0.3, 0.4) is 0 Å². The van der Waals surface area contributed by atoms with Crippen molar-refractivity contribution in [1.29, 1.82) is 0 Å². The lowest BCUT2D eigenvalue weighted by Gasteiger charge is -2.07. The van der Waals surface area contributed by atoms with Crippen molar-refractivity contribution in [2.75, 3.05) is 5.32 Å². The van der Waals surface area contributed by atoms with E-state index in [0.717, 1.165) is 20.6 Å². The SMILES string of the molecule is CCn1nc(C)cc1C(=O)Nc1ccc(Sc2nncs2)cc1. The van der Waals surface area contributed by atoms with Gasteiger partial charge >= 0.3 is 0 Å². The molecule has 0 radical (unpaired) electrons. The zero-order valence-electron chi connectivity index (χ0n) is 12.7. The molecule has 1 N–H and O–H groups in total. The third kappa shape index (κ3) is 3.77. The fourth-order valence-corrected chi connectivity index (χ4v) is 3.53. The maximum atomic E-state index is 12.4. The van der Waals surface area contributed by atoms with Crippen molar-refractivity contribution in [3.8, 4) is 0 Å². The topological polar surface area (TPSA) is 72.7 Å². The van der Waals surface area contributed by atoms with Gasteiger partial charge in [-0.1, -0.05) is 23.1 Å². The van der Waals surface area contributed by atoms with Gasteiger partial charge in [-0.3, -0.25) is 9.48 Å². The zero-order chi connectivity index (χ0) is 16.2. The van der Waals surface area contributed by atoms with E-state index in [0.29, 0.717) is 12.2 Å². The Morgan fingerprint density at radius 1 is 1.35 bits per heavy atom. The van der Waals surface area contributed by atoms with Crippen LogP contribution in [-0.2, 0) is 6.54 Å². The molecule has 0 bridgehead atoms. The van der Waals surface area contributed by atoms with Gasteiger partial charge in [0.05, 0.1) is 5.69 Å². The van der Waals surface area contributed by atoms with E-state index >= 15 is 0 Å². The van der Waals surface area contributed by atoms with E-state index in [1.807, 2.05) is 38.1 Å². The van der Waals surface area contributed by atoms with Crippen molar-refractivity contribution in [3.63, 3.8) is 0 Å². The first-order valence-electron chi connectivity index (χ1n) is 7.05. The van der Waals surface area contributed by atoms with Crippen LogP contribution in [0.25, 0.3) is 0 Å². The molecule has 3 aromatic rings. The highest BCUT2D eigenvalue weighted by atomic mass is 32.2. The predicted octanol–water partition coefficient (Wildman–Crippen LogP) is 3.47. The summed E-state index contributed by atoms with van der Waals surface area (Å²) in [6.07, 6.45) is 0. The normalized spacial score (nSPS) is 10.7. The van der Waals surface area contributed by atoms with Crippen LogP contribution in [0.4, 0.5) is 5.69 Å². The van der Waals surface area contributed by atoms with Gasteiger partial charge in [-0.25, -0.2) is 0 Å². The maximum absolute atomic E-state index is 12.4. The first-order chi connectivity index (χ1) is 11.2. The molecule has 0 spiro atoms. The summed E-state index contributed by atoms with van der Waals surface area (Å²) < 4.78 is 2.59. The summed E-state index contributed by atoms with van der Waals surface area (Å²) in [6, 6.07) is 9.44. The molecular weight excluding hydrogens is 330 g/mol. The second-order valence-corrected chi connectivity index (χ2v) is 6.93. The van der Waals surface area contributed by atoms with Crippen molar-refractivity contribution in [1.82, 2.24) is 20.0 Å². The molecule has 6 nitrogen and oxygen atoms in total. The largest absolute Gasteiger partial charge is 0.321 e. The van der Waals surface area contributed by atoms with Gasteiger partial charge in [-0.05, 0) is 44.2 Å². The van der Waals surface area contributed by atoms with Crippen LogP contribution in [0.2, 0.25) is 0 Å². The standard InChI is InChI=1S/C15H15N5OS2/c1-3-20-13(8-10(2)19-20)14(21)17-11-4-6-12(7-5-11)23-15-18-16-9-22-15/h4-9H,3H2,1-2H3,(H,17,21). The molecule has 2 heterocycles. The molecule has 1 amide bonds. The van der Waals surface area contributed by atoms with E-state index in [4.69, 9.17) is 0 Å². The third-order valence-corrected chi connectivity index (χ3v) is 4.88. The molecule has 0 unspecified atom stereocenters. The fourth-order valence-electron chi connectivity index (χ4n) is 2.08. The number of rotatable bonds is 5. The van der Waals surface area contributed by atoms with Gasteiger partial charge in [-0.15, -0.1) is 10.2 Å². The number of hydrogen-bond donors (Lipinski definition) is 1. The number of hydrogen-bond acceptors (Lipinski definition) is 6. The Labute approximate surface area is 141 Å². The van der Waals surface area contributed by atoms with Gasteiger partial charge in [-0.2, -0.15) is 5.10 Å². The van der Waals surface area contributed by atoms with Gasteiger partial charge in [0, 0.05) is 17.1 Å². The summed E-state index contributed by atoms with van der Waals surface area (Å²) in [5, 5.41) is 15.0. The Kier molecular flexibility index (Phi) is 4.73. The monoisotopic (exact) mass is 345 g/mol. The molecule has 0 atom stereocenters. The summed E-state index contributed by atoms with van der Waals surface area (Å²) in [4.78, 5) is 13.4. The van der Waals surface area contributed by atoms with Crippen LogP contribution in [0.1, 0.15) is 23.1 Å². The average Bonchev–Trinajstić information content (AvgIpc) is 3.18. The zero-order valence-corrected chi connectivity index (χ0v) is 14.3. The van der Waals surface area contributed by atoms with Gasteiger partial charge in [0.2, 0.25) is 0 Å². The lowest BCUT2D eigenvalue weighted by Crippen LogP contribution is -2.17. The molecule has 23 heavy (non-hydrogen) atoms. The van der Waals surface area contributed by atoms with Gasteiger partial charge in [0.1, 0.15) is 11.2 Å². The van der Waals surface area contributed by atoms with Crippen LogP contribution < -0.4 is 5.32 Å². The quantitative estimate of drug-likeness (QED) is 0.766.